The van der Waals surface area contributed by atoms with Gasteiger partial charge in [0, 0.05) is 62.6 Å². The van der Waals surface area contributed by atoms with Crippen molar-refractivity contribution >= 4 is 80.8 Å². The number of aliphatic carboxylic acids is 1. The van der Waals surface area contributed by atoms with E-state index < -0.39 is 59.6 Å². The summed E-state index contributed by atoms with van der Waals surface area (Å²) in [6, 6.07) is 3.02. The summed E-state index contributed by atoms with van der Waals surface area (Å²) in [5.41, 5.74) is 14.6. The molecule has 1 aliphatic heterocycles. The standard InChI is InChI=1S/C43H64N7O15S2.K/c1-2-37(54)49-34(43(60)61)10-11-38(55)47-13-15-62-17-20-65-25-40(57)48-14-16-63-18-19-64-24-39(56)46-12-4-3-5-33-36(53)23-30(26-66-67-27-32(44)42(59)50-33)35(52)22-29(41(45)58)21-28-6-8-31(51)9-7-28;/h6-9,14,29-30,32-34,44,51H,2-5,10-13,15-27H2,1H3,(H2,45,58)(H,46,56)(H,47,55)(H,49,54)(H,50,59)(H,60,61);/q-1;+1/t29-,30+,32+,33+,34?;/m1./s1. The van der Waals surface area contributed by atoms with E-state index in [1.54, 1.807) is 19.1 Å². The summed E-state index contributed by atoms with van der Waals surface area (Å²) in [7, 11) is 2.55. The third-order valence-corrected chi connectivity index (χ3v) is 12.3. The molecule has 9 N–H and O–H groups in total. The number of primary amides is 1. The molecule has 374 valence electrons. The van der Waals surface area contributed by atoms with Crippen molar-refractivity contribution in [3.05, 3.63) is 35.6 Å². The number of carbonyl (C=O) groups is 9. The van der Waals surface area contributed by atoms with E-state index in [0.717, 1.165) is 0 Å². The molecule has 0 spiro atoms. The van der Waals surface area contributed by atoms with Crippen LogP contribution in [0, 0.1) is 11.8 Å². The molecule has 0 aromatic heterocycles. The summed E-state index contributed by atoms with van der Waals surface area (Å²) < 4.78 is 21.1. The van der Waals surface area contributed by atoms with Gasteiger partial charge in [-0.3, -0.25) is 38.4 Å². The Morgan fingerprint density at radius 2 is 1.56 bits per heavy atom. The summed E-state index contributed by atoms with van der Waals surface area (Å²) in [6.07, 6.45) is 2.22. The number of nitrogens with one attached hydrogen (secondary N) is 5. The van der Waals surface area contributed by atoms with E-state index in [0.29, 0.717) is 18.4 Å². The number of benzene rings is 1. The molecule has 0 radical (unpaired) electrons. The Labute approximate surface area is 446 Å². The zero-order valence-electron chi connectivity index (χ0n) is 38.7. The molecule has 2 rings (SSSR count). The van der Waals surface area contributed by atoms with Crippen molar-refractivity contribution in [2.24, 2.45) is 22.6 Å². The third kappa shape index (κ3) is 29.0. The van der Waals surface area contributed by atoms with E-state index in [4.69, 9.17) is 35.5 Å². The van der Waals surface area contributed by atoms with Crippen molar-refractivity contribution in [1.29, 1.82) is 0 Å². The molecule has 1 aromatic carbocycles. The second-order valence-electron chi connectivity index (χ2n) is 15.2. The first-order valence-electron chi connectivity index (χ1n) is 21.9. The van der Waals surface area contributed by atoms with Crippen LogP contribution in [0.3, 0.4) is 0 Å². The van der Waals surface area contributed by atoms with Gasteiger partial charge in [-0.2, -0.15) is 0 Å². The number of aromatic hydroxyl groups is 1. The number of phenolic OH excluding ortho intramolecular Hbond substituents is 1. The van der Waals surface area contributed by atoms with Gasteiger partial charge in [-0.15, -0.1) is 0 Å². The Balaban J connectivity index is 0.0000231. The van der Waals surface area contributed by atoms with Crippen LogP contribution in [0.4, 0.5) is 0 Å². The van der Waals surface area contributed by atoms with Crippen LogP contribution in [0.5, 0.6) is 5.75 Å². The minimum Gasteiger partial charge on any atom is -0.666 e. The van der Waals surface area contributed by atoms with E-state index in [-0.39, 0.29) is 203 Å². The number of hydrogen-bond acceptors (Lipinski definition) is 16. The molecule has 5 atom stereocenters. The number of aliphatic imine (C=N–C) groups is 1. The topological polar surface area (TPSA) is 341 Å². The molecule has 22 nitrogen and oxygen atoms in total. The van der Waals surface area contributed by atoms with Gasteiger partial charge < -0.3 is 61.9 Å². The average Bonchev–Trinajstić information content (AvgIpc) is 3.31. The Morgan fingerprint density at radius 1 is 0.897 bits per heavy atom. The first kappa shape index (κ1) is 62.7. The second-order valence-corrected chi connectivity index (χ2v) is 17.8. The summed E-state index contributed by atoms with van der Waals surface area (Å²) in [6.45, 7) is 2.15. The number of carbonyl (C=O) groups excluding carboxylic acids is 8. The predicted octanol–water partition coefficient (Wildman–Crippen LogP) is -2.30. The van der Waals surface area contributed by atoms with Gasteiger partial charge in [0.05, 0.1) is 45.7 Å². The third-order valence-electron chi connectivity index (χ3n) is 9.84. The van der Waals surface area contributed by atoms with Gasteiger partial charge in [0.25, 0.3) is 5.91 Å². The maximum absolute atomic E-state index is 13.5. The number of ether oxygens (including phenoxy) is 4. The maximum Gasteiger partial charge on any atom is 1.00 e. The van der Waals surface area contributed by atoms with E-state index >= 15 is 0 Å². The zero-order valence-corrected chi connectivity index (χ0v) is 43.4. The maximum atomic E-state index is 13.5. The first-order chi connectivity index (χ1) is 32.1. The van der Waals surface area contributed by atoms with Gasteiger partial charge in [0.2, 0.25) is 29.5 Å². The summed E-state index contributed by atoms with van der Waals surface area (Å²) >= 11 is 0. The fourth-order valence-corrected chi connectivity index (χ4v) is 8.49. The predicted molar refractivity (Wildman–Crippen MR) is 248 cm³/mol. The largest absolute Gasteiger partial charge is 1.00 e. The number of phenols is 1. The van der Waals surface area contributed by atoms with Crippen molar-refractivity contribution < 1.29 is 124 Å². The van der Waals surface area contributed by atoms with Crippen LogP contribution in [0.15, 0.2) is 29.3 Å². The molecular weight excluding hydrogens is 958 g/mol. The van der Waals surface area contributed by atoms with Crippen molar-refractivity contribution in [3.63, 3.8) is 0 Å². The number of nitrogens with two attached hydrogens (primary N) is 1. The number of ketones is 2. The summed E-state index contributed by atoms with van der Waals surface area (Å²) in [4.78, 5) is 114. The molecular formula is C43H64KN7O15S2. The van der Waals surface area contributed by atoms with Crippen LogP contribution < -0.4 is 78.4 Å². The van der Waals surface area contributed by atoms with Crippen LogP contribution in [0.25, 0.3) is 5.73 Å². The smallest absolute Gasteiger partial charge is 0.666 e. The van der Waals surface area contributed by atoms with Crippen molar-refractivity contribution in [3.8, 4) is 5.75 Å². The van der Waals surface area contributed by atoms with Crippen LogP contribution in [0.2, 0.25) is 0 Å². The molecule has 1 aromatic rings. The van der Waals surface area contributed by atoms with Crippen LogP contribution in [0.1, 0.15) is 63.9 Å². The number of carboxylic acids is 1. The molecule has 1 heterocycles. The number of unbranched alkanes of at least 4 members (excludes halogenated alkanes) is 1. The van der Waals surface area contributed by atoms with Gasteiger partial charge >= 0.3 is 57.4 Å². The van der Waals surface area contributed by atoms with E-state index in [2.05, 4.69) is 26.3 Å². The van der Waals surface area contributed by atoms with Crippen LogP contribution >= 0.6 is 21.6 Å². The van der Waals surface area contributed by atoms with Gasteiger partial charge in [0.15, 0.2) is 5.78 Å². The molecule has 0 saturated carbocycles. The van der Waals surface area contributed by atoms with Crippen molar-refractivity contribution in [1.82, 2.24) is 21.3 Å². The molecule has 6 amide bonds. The van der Waals surface area contributed by atoms with Crippen LogP contribution in [-0.2, 0) is 68.5 Å². The Kier molecular flexibility index (Phi) is 34.5. The zero-order chi connectivity index (χ0) is 49.4. The van der Waals surface area contributed by atoms with Gasteiger partial charge in [-0.1, -0.05) is 40.6 Å². The van der Waals surface area contributed by atoms with Crippen molar-refractivity contribution in [2.45, 2.75) is 82.8 Å². The Hall–Kier alpha value is -3.34. The molecule has 68 heavy (non-hydrogen) atoms. The number of nitrogens with zero attached hydrogens (tertiary/aromatic N) is 1. The second kappa shape index (κ2) is 37.5. The molecule has 0 aliphatic carbocycles. The monoisotopic (exact) mass is 1020 g/mol. The molecule has 1 fully saturated rings. The quantitative estimate of drug-likeness (QED) is 0.0173. The number of rotatable bonds is 32. The summed E-state index contributed by atoms with van der Waals surface area (Å²) in [5, 5.41) is 29.1. The van der Waals surface area contributed by atoms with Crippen LogP contribution in [-0.4, -0.2) is 165 Å². The van der Waals surface area contributed by atoms with E-state index in [1.165, 1.54) is 39.9 Å². The van der Waals surface area contributed by atoms with Gasteiger partial charge in [-0.25, -0.2) is 9.79 Å². The minimum absolute atomic E-state index is 0. The van der Waals surface area contributed by atoms with E-state index in [1.807, 2.05) is 0 Å². The molecule has 1 saturated heterocycles. The number of carboxylic acid groups (broad SMARTS) is 1. The number of Topliss-reactive ketones (excluding diaryl/α,β-unsaturated/α-hetero) is 2. The van der Waals surface area contributed by atoms with Crippen molar-refractivity contribution in [2.75, 3.05) is 77.5 Å². The first-order valence-corrected chi connectivity index (χ1v) is 24.4. The number of amides is 6. The molecule has 1 aliphatic rings. The average molecular weight is 1020 g/mol. The molecule has 25 heteroatoms. The SMILES string of the molecule is CCC(=O)NC(CCC(=O)NCCOCCOCC(=O)N=CCOCCOCC(=O)NCCCC[C@@H]1NC(=O)[C@@H]([NH-])CSSC[C@@H](C(=O)C[C@@H](Cc2ccc(O)cc2)C(N)=O)CC1=O)C(=O)O.[K+]. The number of hydrogen-bond donors (Lipinski definition) is 7. The molecule has 1 unspecified atom stereocenters. The fourth-order valence-electron chi connectivity index (χ4n) is 6.07. The van der Waals surface area contributed by atoms with E-state index in [9.17, 15) is 48.3 Å². The molecule has 0 bridgehead atoms. The Bertz CT molecular complexity index is 1800. The Morgan fingerprint density at radius 3 is 2.25 bits per heavy atom. The van der Waals surface area contributed by atoms with Gasteiger partial charge in [-0.05, 0) is 61.6 Å². The normalized spacial score (nSPS) is 17.4. The van der Waals surface area contributed by atoms with Gasteiger partial charge in [0.1, 0.15) is 30.8 Å². The fraction of sp³-hybridized carbons (Fsp3) is 0.628. The minimum atomic E-state index is -1.22. The summed E-state index contributed by atoms with van der Waals surface area (Å²) in [5.74, 6) is -5.97.